The molecule has 0 atom stereocenters. The van der Waals surface area contributed by atoms with Gasteiger partial charge >= 0.3 is 12.2 Å². The molecule has 1 aromatic carbocycles. The number of ether oxygens (including phenoxy) is 2. The van der Waals surface area contributed by atoms with Gasteiger partial charge in [0.1, 0.15) is 17.0 Å². The average Bonchev–Trinajstić information content (AvgIpc) is 3.01. The van der Waals surface area contributed by atoms with Crippen LogP contribution in [0.2, 0.25) is 0 Å². The summed E-state index contributed by atoms with van der Waals surface area (Å²) in [7, 11) is 0. The van der Waals surface area contributed by atoms with E-state index in [2.05, 4.69) is 0 Å². The van der Waals surface area contributed by atoms with E-state index in [4.69, 9.17) is 13.9 Å². The van der Waals surface area contributed by atoms with Crippen LogP contribution in [0.1, 0.15) is 52.1 Å². The second-order valence-corrected chi connectivity index (χ2v) is 8.13. The van der Waals surface area contributed by atoms with E-state index in [0.29, 0.717) is 17.6 Å². The third-order valence-electron chi connectivity index (χ3n) is 3.31. The van der Waals surface area contributed by atoms with Crippen LogP contribution in [0, 0.1) is 0 Å². The molecule has 0 aliphatic carbocycles. The van der Waals surface area contributed by atoms with Gasteiger partial charge in [-0.15, -0.1) is 0 Å². The molecule has 1 heterocycles. The number of hydrogen-bond acceptors (Lipinski definition) is 6. The molecule has 0 saturated heterocycles. The first-order valence-electron chi connectivity index (χ1n) is 8.82. The molecular weight excluding hydrogens is 362 g/mol. The Hall–Kier alpha value is -3.09. The highest BCUT2D eigenvalue weighted by molar-refractivity contribution is 6.11. The number of hydrogen-bond donors (Lipinski definition) is 0. The van der Waals surface area contributed by atoms with Gasteiger partial charge in [-0.25, -0.2) is 9.59 Å². The summed E-state index contributed by atoms with van der Waals surface area (Å²) >= 11 is 0. The highest BCUT2D eigenvalue weighted by Crippen LogP contribution is 2.33. The zero-order valence-electron chi connectivity index (χ0n) is 16.9. The molecule has 0 saturated carbocycles. The number of amides is 2. The van der Waals surface area contributed by atoms with Crippen molar-refractivity contribution in [1.29, 1.82) is 0 Å². The topological polar surface area (TPSA) is 86.0 Å². The normalized spacial score (nSPS) is 11.6. The maximum absolute atomic E-state index is 12.8. The van der Waals surface area contributed by atoms with Crippen LogP contribution in [0.15, 0.2) is 40.8 Å². The number of carbonyl (C=O) groups is 3. The van der Waals surface area contributed by atoms with Crippen LogP contribution in [0.4, 0.5) is 15.3 Å². The minimum absolute atomic E-state index is 0.130. The van der Waals surface area contributed by atoms with Gasteiger partial charge in [-0.1, -0.05) is 12.1 Å². The minimum atomic E-state index is -0.878. The van der Waals surface area contributed by atoms with Crippen LogP contribution in [0.5, 0.6) is 0 Å². The lowest BCUT2D eigenvalue weighted by molar-refractivity contribution is 0.0430. The average molecular weight is 387 g/mol. The number of para-hydroxylation sites is 1. The second-order valence-electron chi connectivity index (χ2n) is 8.13. The third-order valence-corrected chi connectivity index (χ3v) is 3.31. The molecule has 2 amide bonds. The summed E-state index contributed by atoms with van der Waals surface area (Å²) in [6, 6.07) is 9.74. The number of furan rings is 1. The van der Waals surface area contributed by atoms with Crippen LogP contribution in [0.25, 0.3) is 11.3 Å². The maximum Gasteiger partial charge on any atom is 0.424 e. The Morgan fingerprint density at radius 2 is 1.43 bits per heavy atom. The van der Waals surface area contributed by atoms with Crippen molar-refractivity contribution in [2.24, 2.45) is 0 Å². The number of benzene rings is 1. The zero-order chi connectivity index (χ0) is 21.1. The molecule has 2 aromatic rings. The van der Waals surface area contributed by atoms with Gasteiger partial charge in [0.15, 0.2) is 12.0 Å². The van der Waals surface area contributed by atoms with E-state index in [1.807, 2.05) is 0 Å². The van der Waals surface area contributed by atoms with Crippen molar-refractivity contribution >= 4 is 24.2 Å². The van der Waals surface area contributed by atoms with Crippen molar-refractivity contribution in [3.63, 3.8) is 0 Å². The number of aldehydes is 1. The van der Waals surface area contributed by atoms with E-state index in [0.717, 1.165) is 4.90 Å². The summed E-state index contributed by atoms with van der Waals surface area (Å²) in [6.07, 6.45) is -1.18. The van der Waals surface area contributed by atoms with Gasteiger partial charge in [-0.2, -0.15) is 4.90 Å². The second kappa shape index (κ2) is 7.88. The van der Waals surface area contributed by atoms with Crippen LogP contribution >= 0.6 is 0 Å². The number of imide groups is 1. The smallest absolute Gasteiger partial charge is 0.424 e. The molecule has 0 aliphatic rings. The molecule has 7 heteroatoms. The fourth-order valence-electron chi connectivity index (χ4n) is 2.32. The van der Waals surface area contributed by atoms with E-state index in [1.165, 1.54) is 6.07 Å². The van der Waals surface area contributed by atoms with Gasteiger partial charge < -0.3 is 13.9 Å². The Morgan fingerprint density at radius 3 is 1.89 bits per heavy atom. The molecule has 28 heavy (non-hydrogen) atoms. The Balaban J connectivity index is 2.55. The van der Waals surface area contributed by atoms with Crippen molar-refractivity contribution in [1.82, 2.24) is 0 Å². The fraction of sp³-hybridized carbons (Fsp3) is 0.381. The number of anilines is 1. The highest BCUT2D eigenvalue weighted by Gasteiger charge is 2.34. The lowest BCUT2D eigenvalue weighted by Gasteiger charge is -2.29. The summed E-state index contributed by atoms with van der Waals surface area (Å²) in [5.74, 6) is 0.459. The maximum atomic E-state index is 12.8. The molecule has 0 unspecified atom stereocenters. The summed E-state index contributed by atoms with van der Waals surface area (Å²) < 4.78 is 16.3. The first-order chi connectivity index (χ1) is 12.9. The lowest BCUT2D eigenvalue weighted by Crippen LogP contribution is -2.44. The van der Waals surface area contributed by atoms with E-state index >= 15 is 0 Å². The Morgan fingerprint density at radius 1 is 0.893 bits per heavy atom. The molecule has 2 rings (SSSR count). The van der Waals surface area contributed by atoms with Crippen molar-refractivity contribution in [3.8, 4) is 11.3 Å². The lowest BCUT2D eigenvalue weighted by atomic mass is 10.1. The molecule has 0 spiro atoms. The Labute approximate surface area is 164 Å². The van der Waals surface area contributed by atoms with E-state index in [-0.39, 0.29) is 11.4 Å². The van der Waals surface area contributed by atoms with Crippen molar-refractivity contribution in [2.45, 2.75) is 52.7 Å². The summed E-state index contributed by atoms with van der Waals surface area (Å²) in [4.78, 5) is 37.5. The van der Waals surface area contributed by atoms with Crippen LogP contribution in [-0.2, 0) is 9.47 Å². The van der Waals surface area contributed by atoms with Gasteiger partial charge in [0.25, 0.3) is 0 Å². The highest BCUT2D eigenvalue weighted by atomic mass is 16.6. The van der Waals surface area contributed by atoms with Crippen LogP contribution in [0.3, 0.4) is 0 Å². The first kappa shape index (κ1) is 21.2. The van der Waals surface area contributed by atoms with E-state index in [1.54, 1.807) is 71.9 Å². The van der Waals surface area contributed by atoms with E-state index in [9.17, 15) is 14.4 Å². The van der Waals surface area contributed by atoms with E-state index < -0.39 is 23.4 Å². The summed E-state index contributed by atoms with van der Waals surface area (Å²) in [5, 5.41) is 0. The van der Waals surface area contributed by atoms with Crippen LogP contribution < -0.4 is 4.90 Å². The van der Waals surface area contributed by atoms with Gasteiger partial charge in [0, 0.05) is 5.56 Å². The SMILES string of the molecule is CC(C)(C)OC(=O)N(C(=O)OC(C)(C)C)c1ccccc1-c1ccc(C=O)o1. The molecule has 0 radical (unpaired) electrons. The standard InChI is InChI=1S/C21H25NO6/c1-20(2,3)27-18(24)22(19(25)28-21(4,5)6)16-10-8-7-9-15(16)17-12-11-14(13-23)26-17/h7-13H,1-6H3. The molecule has 0 bridgehead atoms. The quantitative estimate of drug-likeness (QED) is 0.652. The number of rotatable bonds is 3. The molecule has 150 valence electrons. The van der Waals surface area contributed by atoms with Gasteiger partial charge in [0.05, 0.1) is 5.69 Å². The summed E-state index contributed by atoms with van der Waals surface area (Å²) in [5.41, 5.74) is -0.978. The van der Waals surface area contributed by atoms with Crippen molar-refractivity contribution in [2.75, 3.05) is 4.90 Å². The van der Waals surface area contributed by atoms with Crippen LogP contribution in [-0.4, -0.2) is 29.7 Å². The largest absolute Gasteiger partial charge is 0.453 e. The van der Waals surface area contributed by atoms with Gasteiger partial charge in [-0.05, 0) is 65.8 Å². The Bertz CT molecular complexity index is 842. The fourth-order valence-corrected chi connectivity index (χ4v) is 2.32. The predicted molar refractivity (Wildman–Crippen MR) is 104 cm³/mol. The molecule has 1 aromatic heterocycles. The molecule has 0 N–H and O–H groups in total. The molecule has 7 nitrogen and oxygen atoms in total. The van der Waals surface area contributed by atoms with Gasteiger partial charge in [0.2, 0.25) is 0 Å². The monoisotopic (exact) mass is 387 g/mol. The van der Waals surface area contributed by atoms with Crippen molar-refractivity contribution in [3.05, 3.63) is 42.2 Å². The predicted octanol–water partition coefficient (Wildman–Crippen LogP) is 5.44. The van der Waals surface area contributed by atoms with Gasteiger partial charge in [-0.3, -0.25) is 4.79 Å². The third kappa shape index (κ3) is 5.45. The summed E-state index contributed by atoms with van der Waals surface area (Å²) in [6.45, 7) is 10.2. The molecule has 0 aliphatic heterocycles. The minimum Gasteiger partial charge on any atom is -0.453 e. The Kier molecular flexibility index (Phi) is 5.97. The number of nitrogens with zero attached hydrogens (tertiary/aromatic N) is 1. The zero-order valence-corrected chi connectivity index (χ0v) is 16.9. The molecular formula is C21H25NO6. The first-order valence-corrected chi connectivity index (χ1v) is 8.82. The van der Waals surface area contributed by atoms with Crippen molar-refractivity contribution < 1.29 is 28.3 Å². The molecule has 0 fully saturated rings. The number of carbonyl (C=O) groups excluding carboxylic acids is 3.